The second-order valence-corrected chi connectivity index (χ2v) is 7.10. The van der Waals surface area contributed by atoms with E-state index in [1.807, 2.05) is 31.2 Å². The Kier molecular flexibility index (Phi) is 3.68. The van der Waals surface area contributed by atoms with Crippen molar-refractivity contribution in [1.82, 2.24) is 0 Å². The maximum Gasteiger partial charge on any atom is 0.0943 e. The SMILES string of the molecule is CC(O)(c1cccc(Br)c1)C1(CN)Cc2ccccc2C1. The highest BCUT2D eigenvalue weighted by molar-refractivity contribution is 9.10. The number of rotatable bonds is 3. The zero-order valence-electron chi connectivity index (χ0n) is 12.1. The molecule has 21 heavy (non-hydrogen) atoms. The summed E-state index contributed by atoms with van der Waals surface area (Å²) < 4.78 is 0.975. The average molecular weight is 346 g/mol. The molecule has 2 aromatic rings. The standard InChI is InChI=1S/C18H20BrNO/c1-17(21,15-7-4-8-16(19)9-15)18(12-20)10-13-5-2-3-6-14(13)11-18/h2-9,21H,10-12,20H2,1H3. The summed E-state index contributed by atoms with van der Waals surface area (Å²) in [6, 6.07) is 16.3. The monoisotopic (exact) mass is 345 g/mol. The van der Waals surface area contributed by atoms with Crippen LogP contribution in [-0.2, 0) is 18.4 Å². The fraction of sp³-hybridized carbons (Fsp3) is 0.333. The van der Waals surface area contributed by atoms with Gasteiger partial charge < -0.3 is 10.8 Å². The van der Waals surface area contributed by atoms with Crippen molar-refractivity contribution < 1.29 is 5.11 Å². The largest absolute Gasteiger partial charge is 0.385 e. The summed E-state index contributed by atoms with van der Waals surface area (Å²) in [5.74, 6) is 0. The van der Waals surface area contributed by atoms with E-state index in [0.29, 0.717) is 6.54 Å². The van der Waals surface area contributed by atoms with Crippen molar-refractivity contribution in [3.05, 3.63) is 69.7 Å². The highest BCUT2D eigenvalue weighted by Crippen LogP contribution is 2.49. The topological polar surface area (TPSA) is 46.2 Å². The maximum absolute atomic E-state index is 11.3. The summed E-state index contributed by atoms with van der Waals surface area (Å²) in [5.41, 5.74) is 8.34. The zero-order valence-corrected chi connectivity index (χ0v) is 13.7. The Labute approximate surface area is 134 Å². The minimum Gasteiger partial charge on any atom is -0.385 e. The minimum absolute atomic E-state index is 0.350. The Bertz CT molecular complexity index is 641. The Hall–Kier alpha value is -1.16. The molecular weight excluding hydrogens is 326 g/mol. The van der Waals surface area contributed by atoms with Crippen LogP contribution >= 0.6 is 15.9 Å². The van der Waals surface area contributed by atoms with E-state index in [-0.39, 0.29) is 5.41 Å². The van der Waals surface area contributed by atoms with Crippen LogP contribution in [-0.4, -0.2) is 11.7 Å². The lowest BCUT2D eigenvalue weighted by molar-refractivity contribution is -0.0675. The molecule has 1 aliphatic carbocycles. The Morgan fingerprint density at radius 2 is 1.76 bits per heavy atom. The fourth-order valence-electron chi connectivity index (χ4n) is 3.48. The summed E-state index contributed by atoms with van der Waals surface area (Å²) in [7, 11) is 0. The number of aliphatic hydroxyl groups is 1. The molecule has 0 fully saturated rings. The van der Waals surface area contributed by atoms with Crippen molar-refractivity contribution in [1.29, 1.82) is 0 Å². The van der Waals surface area contributed by atoms with Crippen LogP contribution in [0.15, 0.2) is 53.0 Å². The molecule has 0 amide bonds. The molecule has 0 saturated heterocycles. The number of hydrogen-bond donors (Lipinski definition) is 2. The van der Waals surface area contributed by atoms with Gasteiger partial charge in [-0.05, 0) is 48.6 Å². The van der Waals surface area contributed by atoms with Crippen LogP contribution in [0.1, 0.15) is 23.6 Å². The second kappa shape index (κ2) is 5.24. The predicted molar refractivity (Wildman–Crippen MR) is 89.1 cm³/mol. The van der Waals surface area contributed by atoms with Crippen LogP contribution < -0.4 is 5.73 Å². The number of hydrogen-bond acceptors (Lipinski definition) is 2. The highest BCUT2D eigenvalue weighted by Gasteiger charge is 2.50. The zero-order chi connectivity index (χ0) is 15.1. The van der Waals surface area contributed by atoms with E-state index >= 15 is 0 Å². The third-order valence-corrected chi connectivity index (χ3v) is 5.48. The van der Waals surface area contributed by atoms with Crippen molar-refractivity contribution in [3.63, 3.8) is 0 Å². The van der Waals surface area contributed by atoms with Crippen LogP contribution in [0.3, 0.4) is 0 Å². The van der Waals surface area contributed by atoms with Gasteiger partial charge in [0.25, 0.3) is 0 Å². The molecular formula is C18H20BrNO. The molecule has 2 nitrogen and oxygen atoms in total. The van der Waals surface area contributed by atoms with E-state index in [2.05, 4.69) is 40.2 Å². The van der Waals surface area contributed by atoms with Gasteiger partial charge in [0.05, 0.1) is 5.60 Å². The quantitative estimate of drug-likeness (QED) is 0.895. The van der Waals surface area contributed by atoms with Crippen LogP contribution in [0.5, 0.6) is 0 Å². The summed E-state index contributed by atoms with van der Waals surface area (Å²) in [6.07, 6.45) is 1.64. The summed E-state index contributed by atoms with van der Waals surface area (Å²) >= 11 is 3.49. The average Bonchev–Trinajstić information content (AvgIpc) is 2.87. The Balaban J connectivity index is 2.05. The number of benzene rings is 2. The van der Waals surface area contributed by atoms with Crippen molar-refractivity contribution >= 4 is 15.9 Å². The van der Waals surface area contributed by atoms with Gasteiger partial charge in [-0.1, -0.05) is 52.3 Å². The molecule has 0 spiro atoms. The summed E-state index contributed by atoms with van der Waals surface area (Å²) in [5, 5.41) is 11.3. The van der Waals surface area contributed by atoms with E-state index < -0.39 is 5.60 Å². The third kappa shape index (κ3) is 2.33. The van der Waals surface area contributed by atoms with E-state index in [0.717, 1.165) is 22.9 Å². The Morgan fingerprint density at radius 1 is 1.14 bits per heavy atom. The molecule has 2 aromatic carbocycles. The predicted octanol–water partition coefficient (Wildman–Crippen LogP) is 3.40. The summed E-state index contributed by atoms with van der Waals surface area (Å²) in [6.45, 7) is 2.36. The molecule has 0 bridgehead atoms. The molecule has 0 aliphatic heterocycles. The van der Waals surface area contributed by atoms with E-state index in [1.54, 1.807) is 0 Å². The lowest BCUT2D eigenvalue weighted by Crippen LogP contribution is -2.49. The molecule has 3 heteroatoms. The van der Waals surface area contributed by atoms with Gasteiger partial charge in [-0.3, -0.25) is 0 Å². The smallest absolute Gasteiger partial charge is 0.0943 e. The third-order valence-electron chi connectivity index (χ3n) is 4.99. The normalized spacial score (nSPS) is 19.0. The highest BCUT2D eigenvalue weighted by atomic mass is 79.9. The summed E-state index contributed by atoms with van der Waals surface area (Å²) in [4.78, 5) is 0. The molecule has 3 N–H and O–H groups in total. The number of nitrogens with two attached hydrogens (primary N) is 1. The van der Waals surface area contributed by atoms with Gasteiger partial charge >= 0.3 is 0 Å². The molecule has 110 valence electrons. The number of fused-ring (bicyclic) bond motifs is 1. The molecule has 0 saturated carbocycles. The van der Waals surface area contributed by atoms with Gasteiger partial charge in [-0.2, -0.15) is 0 Å². The first-order valence-corrected chi connectivity index (χ1v) is 8.03. The van der Waals surface area contributed by atoms with E-state index in [4.69, 9.17) is 5.73 Å². The van der Waals surface area contributed by atoms with Crippen molar-refractivity contribution in [3.8, 4) is 0 Å². The van der Waals surface area contributed by atoms with Crippen LogP contribution in [0.25, 0.3) is 0 Å². The molecule has 1 aliphatic rings. The first-order chi connectivity index (χ1) is 9.98. The molecule has 3 rings (SSSR count). The molecule has 1 atom stereocenters. The minimum atomic E-state index is -0.968. The lowest BCUT2D eigenvalue weighted by atomic mass is 9.67. The maximum atomic E-state index is 11.3. The van der Waals surface area contributed by atoms with Crippen molar-refractivity contribution in [2.75, 3.05) is 6.54 Å². The van der Waals surface area contributed by atoms with Crippen molar-refractivity contribution in [2.45, 2.75) is 25.4 Å². The van der Waals surface area contributed by atoms with Crippen LogP contribution in [0, 0.1) is 5.41 Å². The Morgan fingerprint density at radius 3 is 2.29 bits per heavy atom. The van der Waals surface area contributed by atoms with Gasteiger partial charge in [0.1, 0.15) is 0 Å². The van der Waals surface area contributed by atoms with Crippen LogP contribution in [0.4, 0.5) is 0 Å². The van der Waals surface area contributed by atoms with Gasteiger partial charge in [0, 0.05) is 16.4 Å². The van der Waals surface area contributed by atoms with Crippen LogP contribution in [0.2, 0.25) is 0 Å². The lowest BCUT2D eigenvalue weighted by Gasteiger charge is -2.42. The van der Waals surface area contributed by atoms with E-state index in [1.165, 1.54) is 11.1 Å². The fourth-order valence-corrected chi connectivity index (χ4v) is 3.88. The molecule has 0 radical (unpaired) electrons. The first-order valence-electron chi connectivity index (χ1n) is 7.24. The van der Waals surface area contributed by atoms with Gasteiger partial charge in [0.15, 0.2) is 0 Å². The van der Waals surface area contributed by atoms with E-state index in [9.17, 15) is 5.11 Å². The van der Waals surface area contributed by atoms with Gasteiger partial charge in [-0.15, -0.1) is 0 Å². The van der Waals surface area contributed by atoms with Gasteiger partial charge in [-0.25, -0.2) is 0 Å². The number of halogens is 1. The van der Waals surface area contributed by atoms with Crippen molar-refractivity contribution in [2.24, 2.45) is 11.1 Å². The molecule has 0 aromatic heterocycles. The van der Waals surface area contributed by atoms with Gasteiger partial charge in [0.2, 0.25) is 0 Å². The first kappa shape index (κ1) is 14.8. The molecule has 0 heterocycles. The second-order valence-electron chi connectivity index (χ2n) is 6.19. The molecule has 1 unspecified atom stereocenters.